The van der Waals surface area contributed by atoms with Gasteiger partial charge in [0.2, 0.25) is 5.91 Å². The Morgan fingerprint density at radius 1 is 1.38 bits per heavy atom. The number of H-pyrrole nitrogens is 1. The summed E-state index contributed by atoms with van der Waals surface area (Å²) in [5.41, 5.74) is 1.21. The summed E-state index contributed by atoms with van der Waals surface area (Å²) in [5, 5.41) is 9.20. The lowest BCUT2D eigenvalue weighted by Crippen LogP contribution is -2.50. The lowest BCUT2D eigenvalue weighted by Gasteiger charge is -2.37. The van der Waals surface area contributed by atoms with Gasteiger partial charge in [0, 0.05) is 19.6 Å². The first-order chi connectivity index (χ1) is 11.5. The van der Waals surface area contributed by atoms with Crippen LogP contribution >= 0.6 is 0 Å². The first-order valence-electron chi connectivity index (χ1n) is 7.85. The number of nitrogens with zero attached hydrogens (tertiary/aromatic N) is 5. The predicted octanol–water partition coefficient (Wildman–Crippen LogP) is 0.501. The lowest BCUT2D eigenvalue weighted by molar-refractivity contribution is -0.146. The number of aromatic amines is 1. The van der Waals surface area contributed by atoms with Crippen molar-refractivity contribution in [1.29, 1.82) is 0 Å². The Bertz CT molecular complexity index is 761. The number of carbonyl (C=O) groups is 2. The Labute approximate surface area is 138 Å². The molecule has 0 spiro atoms. The molecule has 0 radical (unpaired) electrons. The number of carboxylic acid groups (broad SMARTS) is 1. The van der Waals surface area contributed by atoms with Gasteiger partial charge in [-0.15, -0.1) is 0 Å². The van der Waals surface area contributed by atoms with Crippen LogP contribution in [0.1, 0.15) is 19.8 Å². The van der Waals surface area contributed by atoms with E-state index in [0.29, 0.717) is 29.8 Å². The predicted molar refractivity (Wildman–Crippen MR) is 86.5 cm³/mol. The van der Waals surface area contributed by atoms with Crippen LogP contribution in [-0.2, 0) is 9.59 Å². The van der Waals surface area contributed by atoms with Crippen molar-refractivity contribution in [2.45, 2.75) is 25.8 Å². The summed E-state index contributed by atoms with van der Waals surface area (Å²) >= 11 is 0. The largest absolute Gasteiger partial charge is 0.481 e. The van der Waals surface area contributed by atoms with E-state index >= 15 is 0 Å². The monoisotopic (exact) mass is 332 g/mol. The highest BCUT2D eigenvalue weighted by Crippen LogP contribution is 2.23. The molecule has 2 aromatic heterocycles. The number of aliphatic carboxylic acids is 1. The van der Waals surface area contributed by atoms with E-state index in [1.807, 2.05) is 6.92 Å². The highest BCUT2D eigenvalue weighted by atomic mass is 16.4. The summed E-state index contributed by atoms with van der Waals surface area (Å²) < 4.78 is 0. The summed E-state index contributed by atoms with van der Waals surface area (Å²) in [6, 6.07) is 0.0408. The fourth-order valence-electron chi connectivity index (χ4n) is 3.07. The summed E-state index contributed by atoms with van der Waals surface area (Å²) in [6.07, 6.45) is 4.24. The summed E-state index contributed by atoms with van der Waals surface area (Å²) in [6.45, 7) is 2.32. The van der Waals surface area contributed by atoms with E-state index in [1.165, 1.54) is 12.7 Å². The number of anilines is 1. The minimum Gasteiger partial charge on any atom is -0.481 e. The molecule has 0 bridgehead atoms. The van der Waals surface area contributed by atoms with Gasteiger partial charge in [0.15, 0.2) is 11.5 Å². The van der Waals surface area contributed by atoms with Gasteiger partial charge in [-0.05, 0) is 19.8 Å². The molecule has 128 valence electrons. The van der Waals surface area contributed by atoms with E-state index < -0.39 is 11.9 Å². The maximum absolute atomic E-state index is 12.7. The van der Waals surface area contributed by atoms with Gasteiger partial charge in [0.25, 0.3) is 0 Å². The Morgan fingerprint density at radius 3 is 2.92 bits per heavy atom. The average Bonchev–Trinajstić information content (AvgIpc) is 3.03. The summed E-state index contributed by atoms with van der Waals surface area (Å²) in [5.74, 6) is -0.857. The number of nitrogens with one attached hydrogen (secondary N) is 1. The van der Waals surface area contributed by atoms with Gasteiger partial charge in [-0.2, -0.15) is 0 Å². The van der Waals surface area contributed by atoms with Crippen LogP contribution in [0, 0.1) is 5.92 Å². The zero-order valence-corrected chi connectivity index (χ0v) is 13.6. The molecule has 1 aliphatic heterocycles. The third-order valence-corrected chi connectivity index (χ3v) is 4.49. The normalized spacial score (nSPS) is 21.0. The first kappa shape index (κ1) is 16.2. The molecular weight excluding hydrogens is 312 g/mol. The number of carbonyl (C=O) groups excluding carboxylic acids is 1. The molecule has 2 N–H and O–H groups in total. The van der Waals surface area contributed by atoms with Gasteiger partial charge in [-0.25, -0.2) is 15.0 Å². The van der Waals surface area contributed by atoms with Gasteiger partial charge in [-0.1, -0.05) is 0 Å². The molecule has 24 heavy (non-hydrogen) atoms. The number of carboxylic acids is 1. The molecule has 1 aliphatic rings. The highest BCUT2D eigenvalue weighted by Gasteiger charge is 2.33. The van der Waals surface area contributed by atoms with E-state index in [0.717, 1.165) is 0 Å². The molecule has 9 heteroatoms. The average molecular weight is 332 g/mol. The molecule has 2 unspecified atom stereocenters. The van der Waals surface area contributed by atoms with Crippen molar-refractivity contribution in [3.05, 3.63) is 12.7 Å². The van der Waals surface area contributed by atoms with Crippen molar-refractivity contribution in [1.82, 2.24) is 24.8 Å². The molecule has 2 atom stereocenters. The number of likely N-dealkylation sites (tertiary alicyclic amines) is 1. The number of likely N-dealkylation sites (N-methyl/N-ethyl adjacent to an activating group) is 1. The minimum absolute atomic E-state index is 0.0408. The van der Waals surface area contributed by atoms with Crippen molar-refractivity contribution >= 4 is 28.9 Å². The van der Waals surface area contributed by atoms with Crippen LogP contribution in [-0.4, -0.2) is 68.0 Å². The topological polar surface area (TPSA) is 115 Å². The number of amides is 1. The van der Waals surface area contributed by atoms with Gasteiger partial charge >= 0.3 is 5.97 Å². The van der Waals surface area contributed by atoms with E-state index in [9.17, 15) is 14.7 Å². The number of aromatic nitrogens is 4. The smallest absolute Gasteiger partial charge is 0.308 e. The number of rotatable bonds is 4. The van der Waals surface area contributed by atoms with Gasteiger partial charge in [0.1, 0.15) is 11.8 Å². The number of piperidine rings is 1. The van der Waals surface area contributed by atoms with E-state index in [-0.39, 0.29) is 25.0 Å². The summed E-state index contributed by atoms with van der Waals surface area (Å²) in [7, 11) is 1.77. The van der Waals surface area contributed by atoms with Crippen LogP contribution in [0.25, 0.3) is 11.2 Å². The molecule has 3 rings (SSSR count). The first-order valence-corrected chi connectivity index (χ1v) is 7.85. The Hall–Kier alpha value is -2.71. The van der Waals surface area contributed by atoms with Crippen LogP contribution in [0.2, 0.25) is 0 Å². The highest BCUT2D eigenvalue weighted by molar-refractivity contribution is 5.87. The maximum atomic E-state index is 12.7. The van der Waals surface area contributed by atoms with Crippen molar-refractivity contribution in [2.75, 3.05) is 25.0 Å². The fraction of sp³-hybridized carbons (Fsp3) is 0.533. The lowest BCUT2D eigenvalue weighted by atomic mass is 9.93. The van der Waals surface area contributed by atoms with E-state index in [1.54, 1.807) is 16.8 Å². The molecule has 0 saturated carbocycles. The molecule has 9 nitrogen and oxygen atoms in total. The van der Waals surface area contributed by atoms with E-state index in [2.05, 4.69) is 19.9 Å². The van der Waals surface area contributed by atoms with Crippen molar-refractivity contribution in [2.24, 2.45) is 5.92 Å². The van der Waals surface area contributed by atoms with Crippen LogP contribution < -0.4 is 4.90 Å². The standard InChI is InChI=1S/C15H20N6O3/c1-9-3-4-10(15(23)24)5-21(9)11(22)6-20(2)14-12-13(17-7-16-12)18-8-19-14/h7-10H,3-6H2,1-2H3,(H,23,24)(H,16,17,18,19). The molecule has 3 heterocycles. The Morgan fingerprint density at radius 2 is 2.17 bits per heavy atom. The van der Waals surface area contributed by atoms with Crippen LogP contribution in [0.3, 0.4) is 0 Å². The summed E-state index contributed by atoms with van der Waals surface area (Å²) in [4.78, 5) is 42.6. The van der Waals surface area contributed by atoms with Crippen molar-refractivity contribution in [3.8, 4) is 0 Å². The number of hydrogen-bond acceptors (Lipinski definition) is 6. The molecule has 0 aliphatic carbocycles. The van der Waals surface area contributed by atoms with Crippen molar-refractivity contribution < 1.29 is 14.7 Å². The molecule has 1 fully saturated rings. The Kier molecular flexibility index (Phi) is 4.32. The number of imidazole rings is 1. The maximum Gasteiger partial charge on any atom is 0.308 e. The van der Waals surface area contributed by atoms with Crippen LogP contribution in [0.5, 0.6) is 0 Å². The molecular formula is C15H20N6O3. The second-order valence-corrected chi connectivity index (χ2v) is 6.16. The minimum atomic E-state index is -0.844. The van der Waals surface area contributed by atoms with Crippen LogP contribution in [0.15, 0.2) is 12.7 Å². The molecule has 0 aromatic carbocycles. The zero-order chi connectivity index (χ0) is 17.3. The van der Waals surface area contributed by atoms with Gasteiger partial charge in [0.05, 0.1) is 18.8 Å². The fourth-order valence-corrected chi connectivity index (χ4v) is 3.07. The molecule has 2 aromatic rings. The Balaban J connectivity index is 1.73. The second-order valence-electron chi connectivity index (χ2n) is 6.16. The molecule has 1 amide bonds. The molecule has 1 saturated heterocycles. The number of hydrogen-bond donors (Lipinski definition) is 2. The number of fused-ring (bicyclic) bond motifs is 1. The van der Waals surface area contributed by atoms with E-state index in [4.69, 9.17) is 0 Å². The van der Waals surface area contributed by atoms with Crippen LogP contribution in [0.4, 0.5) is 5.82 Å². The van der Waals surface area contributed by atoms with Crippen molar-refractivity contribution in [3.63, 3.8) is 0 Å². The zero-order valence-electron chi connectivity index (χ0n) is 13.6. The third kappa shape index (κ3) is 3.01. The van der Waals surface area contributed by atoms with Gasteiger partial charge in [-0.3, -0.25) is 9.59 Å². The third-order valence-electron chi connectivity index (χ3n) is 4.49. The second kappa shape index (κ2) is 6.42. The van der Waals surface area contributed by atoms with Gasteiger partial charge < -0.3 is 19.9 Å². The quantitative estimate of drug-likeness (QED) is 0.837. The SMILES string of the molecule is CC1CCC(C(=O)O)CN1C(=O)CN(C)c1ncnc2nc[nH]c12.